The summed E-state index contributed by atoms with van der Waals surface area (Å²) in [5.41, 5.74) is 6.81. The Morgan fingerprint density at radius 2 is 2.24 bits per heavy atom. The molecule has 2 rings (SSSR count). The number of methoxy groups -OCH3 is 1. The molecule has 90 valence electrons. The summed E-state index contributed by atoms with van der Waals surface area (Å²) in [4.78, 5) is 4.25. The number of aromatic nitrogens is 1. The van der Waals surface area contributed by atoms with Crippen molar-refractivity contribution in [2.24, 2.45) is 5.73 Å². The highest BCUT2D eigenvalue weighted by atomic mass is 16.5. The topological polar surface area (TPSA) is 61.3 Å². The first-order valence-corrected chi connectivity index (χ1v) is 5.59. The predicted octanol–water partition coefficient (Wildman–Crippen LogP) is 2.29. The van der Waals surface area contributed by atoms with Crippen LogP contribution in [0, 0.1) is 0 Å². The number of hydrogen-bond donors (Lipinski definition) is 1. The fourth-order valence-corrected chi connectivity index (χ4v) is 1.70. The molecule has 2 aromatic rings. The Morgan fingerprint density at radius 3 is 2.88 bits per heavy atom. The number of rotatable bonds is 4. The third-order valence-electron chi connectivity index (χ3n) is 2.65. The molecule has 4 heteroatoms. The fourth-order valence-electron chi connectivity index (χ4n) is 1.70. The normalized spacial score (nSPS) is 12.4. The summed E-state index contributed by atoms with van der Waals surface area (Å²) in [7, 11) is 1.60. The van der Waals surface area contributed by atoms with Crippen molar-refractivity contribution in [2.75, 3.05) is 7.11 Å². The molecule has 0 fully saturated rings. The highest BCUT2D eigenvalue weighted by Crippen LogP contribution is 2.27. The van der Waals surface area contributed by atoms with Gasteiger partial charge in [0.25, 0.3) is 0 Å². The lowest BCUT2D eigenvalue weighted by Crippen LogP contribution is -2.13. The molecule has 1 atom stereocenters. The summed E-state index contributed by atoms with van der Waals surface area (Å²) in [5.74, 6) is 2.30. The molecule has 4 nitrogen and oxygen atoms in total. The van der Waals surface area contributed by atoms with Crippen molar-refractivity contribution in [1.82, 2.24) is 4.98 Å². The van der Waals surface area contributed by atoms with E-state index >= 15 is 0 Å². The Bertz CT molecular complexity index is 494. The monoisotopic (exact) mass is 232 g/mol. The van der Waals surface area contributed by atoms with Gasteiger partial charge < -0.3 is 14.9 Å². The Labute approximate surface area is 100 Å². The highest BCUT2D eigenvalue weighted by molar-refractivity contribution is 5.33. The van der Waals surface area contributed by atoms with Crippen LogP contribution in [0.4, 0.5) is 0 Å². The molecule has 2 N–H and O–H groups in total. The van der Waals surface area contributed by atoms with E-state index in [4.69, 9.17) is 14.9 Å². The molecule has 2 aromatic heterocycles. The smallest absolute Gasteiger partial charge is 0.142 e. The maximum Gasteiger partial charge on any atom is 0.142 e. The molecule has 0 aliphatic rings. The molecule has 0 saturated heterocycles. The summed E-state index contributed by atoms with van der Waals surface area (Å²) in [6.45, 7) is 2.04. The van der Waals surface area contributed by atoms with Crippen molar-refractivity contribution in [2.45, 2.75) is 19.4 Å². The van der Waals surface area contributed by atoms with E-state index < -0.39 is 6.04 Å². The zero-order valence-corrected chi connectivity index (χ0v) is 10.0. The van der Waals surface area contributed by atoms with Gasteiger partial charge in [-0.3, -0.25) is 4.98 Å². The molecular weight excluding hydrogens is 216 g/mol. The number of hydrogen-bond acceptors (Lipinski definition) is 4. The van der Waals surface area contributed by atoms with Gasteiger partial charge in [-0.2, -0.15) is 0 Å². The maximum absolute atomic E-state index is 6.12. The zero-order valence-electron chi connectivity index (χ0n) is 10.0. The maximum atomic E-state index is 6.12. The first-order valence-electron chi connectivity index (χ1n) is 5.59. The number of nitrogens with two attached hydrogens (primary N) is 1. The van der Waals surface area contributed by atoms with Crippen LogP contribution in [0.15, 0.2) is 34.9 Å². The van der Waals surface area contributed by atoms with Crippen molar-refractivity contribution < 1.29 is 9.15 Å². The van der Waals surface area contributed by atoms with Gasteiger partial charge in [0.05, 0.1) is 7.11 Å². The van der Waals surface area contributed by atoms with Crippen molar-refractivity contribution in [1.29, 1.82) is 0 Å². The third kappa shape index (κ3) is 2.31. The number of pyridine rings is 1. The van der Waals surface area contributed by atoms with Gasteiger partial charge in [-0.15, -0.1) is 0 Å². The molecule has 0 bridgehead atoms. The van der Waals surface area contributed by atoms with Crippen LogP contribution in [0.5, 0.6) is 5.75 Å². The van der Waals surface area contributed by atoms with E-state index in [1.165, 1.54) is 0 Å². The zero-order chi connectivity index (χ0) is 12.3. The Kier molecular flexibility index (Phi) is 3.44. The van der Waals surface area contributed by atoms with E-state index in [0.29, 0.717) is 17.2 Å². The van der Waals surface area contributed by atoms with Gasteiger partial charge in [0, 0.05) is 12.6 Å². The van der Waals surface area contributed by atoms with Crippen LogP contribution in [0.3, 0.4) is 0 Å². The van der Waals surface area contributed by atoms with E-state index in [2.05, 4.69) is 4.98 Å². The van der Waals surface area contributed by atoms with Crippen LogP contribution in [-0.2, 0) is 6.42 Å². The first kappa shape index (κ1) is 11.7. The average molecular weight is 232 g/mol. The molecule has 0 aromatic carbocycles. The van der Waals surface area contributed by atoms with Gasteiger partial charge in [0.2, 0.25) is 0 Å². The minimum Gasteiger partial charge on any atom is -0.495 e. The molecule has 0 aliphatic carbocycles. The Hall–Kier alpha value is -1.81. The van der Waals surface area contributed by atoms with Gasteiger partial charge in [0.1, 0.15) is 29.0 Å². The van der Waals surface area contributed by atoms with E-state index in [0.717, 1.165) is 12.2 Å². The molecule has 0 spiro atoms. The van der Waals surface area contributed by atoms with Crippen LogP contribution in [0.2, 0.25) is 0 Å². The standard InChI is InChI=1S/C13H16N2O2/c1-3-9-6-7-10(17-9)12(14)13-11(16-2)5-4-8-15-13/h4-8,12H,3,14H2,1-2H3. The van der Waals surface area contributed by atoms with Gasteiger partial charge in [-0.05, 0) is 24.3 Å². The molecule has 0 aliphatic heterocycles. The van der Waals surface area contributed by atoms with Crippen molar-refractivity contribution in [3.05, 3.63) is 47.7 Å². The minimum atomic E-state index is -0.397. The lowest BCUT2D eigenvalue weighted by molar-refractivity contribution is 0.396. The van der Waals surface area contributed by atoms with Crippen molar-refractivity contribution in [3.8, 4) is 5.75 Å². The Balaban J connectivity index is 2.32. The van der Waals surface area contributed by atoms with Crippen LogP contribution in [0.1, 0.15) is 30.2 Å². The molecule has 17 heavy (non-hydrogen) atoms. The fraction of sp³-hybridized carbons (Fsp3) is 0.308. The summed E-state index contributed by atoms with van der Waals surface area (Å²) in [6, 6.07) is 7.08. The highest BCUT2D eigenvalue weighted by Gasteiger charge is 2.18. The Morgan fingerprint density at radius 1 is 1.41 bits per heavy atom. The summed E-state index contributed by atoms with van der Waals surface area (Å²) in [5, 5.41) is 0. The van der Waals surface area contributed by atoms with Gasteiger partial charge in [-0.25, -0.2) is 0 Å². The van der Waals surface area contributed by atoms with E-state index in [1.807, 2.05) is 31.2 Å². The summed E-state index contributed by atoms with van der Waals surface area (Å²) < 4.78 is 10.9. The van der Waals surface area contributed by atoms with E-state index in [9.17, 15) is 0 Å². The SMILES string of the molecule is CCc1ccc(C(N)c2ncccc2OC)o1. The van der Waals surface area contributed by atoms with Gasteiger partial charge in [0.15, 0.2) is 0 Å². The quantitative estimate of drug-likeness (QED) is 0.878. The number of aryl methyl sites for hydroxylation is 1. The van der Waals surface area contributed by atoms with Crippen LogP contribution >= 0.6 is 0 Å². The largest absolute Gasteiger partial charge is 0.495 e. The predicted molar refractivity (Wildman–Crippen MR) is 64.9 cm³/mol. The molecule has 0 radical (unpaired) electrons. The first-order chi connectivity index (χ1) is 8.26. The van der Waals surface area contributed by atoms with E-state index in [-0.39, 0.29) is 0 Å². The number of furan rings is 1. The van der Waals surface area contributed by atoms with Crippen molar-refractivity contribution in [3.63, 3.8) is 0 Å². The van der Waals surface area contributed by atoms with Crippen LogP contribution < -0.4 is 10.5 Å². The van der Waals surface area contributed by atoms with Crippen LogP contribution in [-0.4, -0.2) is 12.1 Å². The number of ether oxygens (including phenoxy) is 1. The third-order valence-corrected chi connectivity index (χ3v) is 2.65. The molecule has 1 unspecified atom stereocenters. The molecule has 0 saturated carbocycles. The minimum absolute atomic E-state index is 0.397. The lowest BCUT2D eigenvalue weighted by Gasteiger charge is -2.12. The lowest BCUT2D eigenvalue weighted by atomic mass is 10.1. The second-order valence-corrected chi connectivity index (χ2v) is 3.73. The van der Waals surface area contributed by atoms with E-state index in [1.54, 1.807) is 13.3 Å². The number of nitrogens with zero attached hydrogens (tertiary/aromatic N) is 1. The second-order valence-electron chi connectivity index (χ2n) is 3.73. The summed E-state index contributed by atoms with van der Waals surface area (Å²) >= 11 is 0. The van der Waals surface area contributed by atoms with Gasteiger partial charge in [-0.1, -0.05) is 6.92 Å². The molecular formula is C13H16N2O2. The van der Waals surface area contributed by atoms with Gasteiger partial charge >= 0.3 is 0 Å². The van der Waals surface area contributed by atoms with Crippen LogP contribution in [0.25, 0.3) is 0 Å². The average Bonchev–Trinajstić information content (AvgIpc) is 2.86. The molecule has 0 amide bonds. The molecule has 2 heterocycles. The second kappa shape index (κ2) is 5.01. The van der Waals surface area contributed by atoms with Crippen molar-refractivity contribution >= 4 is 0 Å². The summed E-state index contributed by atoms with van der Waals surface area (Å²) in [6.07, 6.45) is 2.55.